The number of benzene rings is 2. The highest BCUT2D eigenvalue weighted by atomic mass is 32.2. The molecule has 0 bridgehead atoms. The van der Waals surface area contributed by atoms with E-state index in [0.29, 0.717) is 18.1 Å². The lowest BCUT2D eigenvalue weighted by Gasteiger charge is -2.18. The molecule has 158 valence electrons. The maximum absolute atomic E-state index is 12.6. The SMILES string of the molecule is CCN(CC)S(=O)(=O)c1ccc(-c2csc(CC(=O)Nc3ccc(C)cc3)n2)cc1. The number of hydrogen-bond donors (Lipinski definition) is 1. The predicted octanol–water partition coefficient (Wildman–Crippen LogP) is 4.33. The van der Waals surface area contributed by atoms with Crippen LogP contribution in [0.3, 0.4) is 0 Å². The summed E-state index contributed by atoms with van der Waals surface area (Å²) in [6.07, 6.45) is 0.187. The van der Waals surface area contributed by atoms with Crippen molar-refractivity contribution in [2.45, 2.75) is 32.1 Å². The van der Waals surface area contributed by atoms with E-state index >= 15 is 0 Å². The molecule has 8 heteroatoms. The van der Waals surface area contributed by atoms with Crippen LogP contribution in [0.15, 0.2) is 58.8 Å². The van der Waals surface area contributed by atoms with Crippen LogP contribution in [-0.4, -0.2) is 36.7 Å². The van der Waals surface area contributed by atoms with Gasteiger partial charge in [0.05, 0.1) is 17.0 Å². The molecule has 1 heterocycles. The second-order valence-electron chi connectivity index (χ2n) is 6.83. The molecule has 0 radical (unpaired) electrons. The van der Waals surface area contributed by atoms with Crippen LogP contribution in [0.5, 0.6) is 0 Å². The van der Waals surface area contributed by atoms with Crippen molar-refractivity contribution < 1.29 is 13.2 Å². The summed E-state index contributed by atoms with van der Waals surface area (Å²) in [5.41, 5.74) is 3.43. The third-order valence-electron chi connectivity index (χ3n) is 4.69. The molecule has 0 atom stereocenters. The van der Waals surface area contributed by atoms with Gasteiger partial charge in [-0.3, -0.25) is 4.79 Å². The normalized spacial score (nSPS) is 11.6. The Kier molecular flexibility index (Phi) is 7.02. The molecule has 0 unspecified atom stereocenters. The van der Waals surface area contributed by atoms with Crippen LogP contribution >= 0.6 is 11.3 Å². The average molecular weight is 444 g/mol. The number of aryl methyl sites for hydroxylation is 1. The summed E-state index contributed by atoms with van der Waals surface area (Å²) >= 11 is 1.41. The molecule has 6 nitrogen and oxygen atoms in total. The Hall–Kier alpha value is -2.55. The lowest BCUT2D eigenvalue weighted by molar-refractivity contribution is -0.115. The summed E-state index contributed by atoms with van der Waals surface area (Å²) in [6, 6.07) is 14.3. The molecule has 1 amide bonds. The number of nitrogens with zero attached hydrogens (tertiary/aromatic N) is 2. The molecular formula is C22H25N3O3S2. The molecule has 0 aliphatic carbocycles. The molecule has 0 saturated carbocycles. The lowest BCUT2D eigenvalue weighted by Crippen LogP contribution is -2.30. The van der Waals surface area contributed by atoms with Crippen molar-refractivity contribution in [2.75, 3.05) is 18.4 Å². The first kappa shape index (κ1) is 22.1. The Balaban J connectivity index is 1.68. The van der Waals surface area contributed by atoms with Gasteiger partial charge in [-0.2, -0.15) is 4.31 Å². The van der Waals surface area contributed by atoms with E-state index in [1.165, 1.54) is 15.6 Å². The Bertz CT molecular complexity index is 1100. The summed E-state index contributed by atoms with van der Waals surface area (Å²) in [4.78, 5) is 17.1. The van der Waals surface area contributed by atoms with Gasteiger partial charge in [0.2, 0.25) is 15.9 Å². The van der Waals surface area contributed by atoms with Crippen molar-refractivity contribution in [1.82, 2.24) is 9.29 Å². The fraction of sp³-hybridized carbons (Fsp3) is 0.273. The van der Waals surface area contributed by atoms with E-state index in [9.17, 15) is 13.2 Å². The van der Waals surface area contributed by atoms with Crippen molar-refractivity contribution in [3.8, 4) is 11.3 Å². The van der Waals surface area contributed by atoms with E-state index in [0.717, 1.165) is 22.5 Å². The van der Waals surface area contributed by atoms with Crippen LogP contribution in [0, 0.1) is 6.92 Å². The second kappa shape index (κ2) is 9.51. The molecular weight excluding hydrogens is 418 g/mol. The van der Waals surface area contributed by atoms with Gasteiger partial charge in [0.15, 0.2) is 0 Å². The molecule has 3 rings (SSSR count). The molecule has 1 aromatic heterocycles. The molecule has 0 aliphatic heterocycles. The molecule has 0 fully saturated rings. The first-order valence-electron chi connectivity index (χ1n) is 9.75. The van der Waals surface area contributed by atoms with Gasteiger partial charge in [0.1, 0.15) is 5.01 Å². The predicted molar refractivity (Wildman–Crippen MR) is 121 cm³/mol. The number of amides is 1. The molecule has 2 aromatic carbocycles. The molecule has 3 aromatic rings. The largest absolute Gasteiger partial charge is 0.326 e. The van der Waals surface area contributed by atoms with Crippen molar-refractivity contribution in [1.29, 1.82) is 0 Å². The minimum atomic E-state index is -3.48. The number of hydrogen-bond acceptors (Lipinski definition) is 5. The standard InChI is InChI=1S/C22H25N3O3S2/c1-4-25(5-2)30(27,28)19-12-8-17(9-13-19)20-15-29-22(24-20)14-21(26)23-18-10-6-16(3)7-11-18/h6-13,15H,4-5,14H2,1-3H3,(H,23,26). The average Bonchev–Trinajstić information content (AvgIpc) is 3.19. The zero-order valence-electron chi connectivity index (χ0n) is 17.3. The van der Waals surface area contributed by atoms with Gasteiger partial charge in [-0.1, -0.05) is 43.7 Å². The van der Waals surface area contributed by atoms with Crippen LogP contribution in [0.1, 0.15) is 24.4 Å². The number of aromatic nitrogens is 1. The zero-order chi connectivity index (χ0) is 21.7. The number of rotatable bonds is 8. The molecule has 30 heavy (non-hydrogen) atoms. The summed E-state index contributed by atoms with van der Waals surface area (Å²) < 4.78 is 26.6. The Labute approximate surface area is 181 Å². The second-order valence-corrected chi connectivity index (χ2v) is 9.71. The molecule has 0 aliphatic rings. The third kappa shape index (κ3) is 5.13. The van der Waals surface area contributed by atoms with E-state index in [2.05, 4.69) is 10.3 Å². The first-order chi connectivity index (χ1) is 14.3. The Morgan fingerprint density at radius 2 is 1.67 bits per heavy atom. The van der Waals surface area contributed by atoms with Gasteiger partial charge in [-0.05, 0) is 31.2 Å². The van der Waals surface area contributed by atoms with Gasteiger partial charge in [-0.25, -0.2) is 13.4 Å². The number of thiazole rings is 1. The quantitative estimate of drug-likeness (QED) is 0.562. The van der Waals surface area contributed by atoms with E-state index in [1.54, 1.807) is 24.3 Å². The number of anilines is 1. The maximum atomic E-state index is 12.6. The van der Waals surface area contributed by atoms with Gasteiger partial charge >= 0.3 is 0 Å². The van der Waals surface area contributed by atoms with Gasteiger partial charge in [0.25, 0.3) is 0 Å². The zero-order valence-corrected chi connectivity index (χ0v) is 18.9. The molecule has 1 N–H and O–H groups in total. The number of nitrogens with one attached hydrogen (secondary N) is 1. The van der Waals surface area contributed by atoms with Crippen molar-refractivity contribution in [3.05, 3.63) is 64.5 Å². The smallest absolute Gasteiger partial charge is 0.243 e. The van der Waals surface area contributed by atoms with E-state index in [4.69, 9.17) is 0 Å². The van der Waals surface area contributed by atoms with Gasteiger partial charge < -0.3 is 5.32 Å². The van der Waals surface area contributed by atoms with Crippen molar-refractivity contribution in [3.63, 3.8) is 0 Å². The minimum absolute atomic E-state index is 0.125. The summed E-state index contributed by atoms with van der Waals surface area (Å²) in [5, 5.41) is 5.45. The number of carbonyl (C=O) groups is 1. The first-order valence-corrected chi connectivity index (χ1v) is 12.1. The van der Waals surface area contributed by atoms with Crippen LogP contribution in [0.2, 0.25) is 0 Å². The van der Waals surface area contributed by atoms with Gasteiger partial charge in [0, 0.05) is 29.7 Å². The highest BCUT2D eigenvalue weighted by molar-refractivity contribution is 7.89. The Morgan fingerprint density at radius 3 is 2.27 bits per heavy atom. The van der Waals surface area contributed by atoms with E-state index in [-0.39, 0.29) is 17.2 Å². The summed E-state index contributed by atoms with van der Waals surface area (Å²) in [5.74, 6) is -0.125. The fourth-order valence-electron chi connectivity index (χ4n) is 3.01. The van der Waals surface area contributed by atoms with E-state index < -0.39 is 10.0 Å². The topological polar surface area (TPSA) is 79.4 Å². The highest BCUT2D eigenvalue weighted by Crippen LogP contribution is 2.25. The third-order valence-corrected chi connectivity index (χ3v) is 7.61. The summed E-state index contributed by atoms with van der Waals surface area (Å²) in [6.45, 7) is 6.50. The van der Waals surface area contributed by atoms with Gasteiger partial charge in [-0.15, -0.1) is 11.3 Å². The molecule has 0 saturated heterocycles. The minimum Gasteiger partial charge on any atom is -0.326 e. The van der Waals surface area contributed by atoms with Crippen LogP contribution < -0.4 is 5.32 Å². The monoisotopic (exact) mass is 443 g/mol. The number of carbonyl (C=O) groups excluding carboxylic acids is 1. The van der Waals surface area contributed by atoms with Crippen molar-refractivity contribution in [2.24, 2.45) is 0 Å². The molecule has 0 spiro atoms. The number of sulfonamides is 1. The van der Waals surface area contributed by atoms with Crippen molar-refractivity contribution >= 4 is 33.0 Å². The maximum Gasteiger partial charge on any atom is 0.243 e. The van der Waals surface area contributed by atoms with Crippen LogP contribution in [0.25, 0.3) is 11.3 Å². The highest BCUT2D eigenvalue weighted by Gasteiger charge is 2.21. The van der Waals surface area contributed by atoms with E-state index in [1.807, 2.05) is 50.4 Å². The van der Waals surface area contributed by atoms with Crippen LogP contribution in [0.4, 0.5) is 5.69 Å². The Morgan fingerprint density at radius 1 is 1.03 bits per heavy atom. The lowest BCUT2D eigenvalue weighted by atomic mass is 10.2. The van der Waals surface area contributed by atoms with Crippen LogP contribution in [-0.2, 0) is 21.2 Å². The summed E-state index contributed by atoms with van der Waals surface area (Å²) in [7, 11) is -3.48. The fourth-order valence-corrected chi connectivity index (χ4v) is 5.27.